The highest BCUT2D eigenvalue weighted by Gasteiger charge is 2.08. The number of hydrogen-bond donors (Lipinski definition) is 2. The smallest absolute Gasteiger partial charge is 0.271 e. The molecule has 0 aliphatic heterocycles. The van der Waals surface area contributed by atoms with E-state index in [1.54, 1.807) is 6.07 Å². The van der Waals surface area contributed by atoms with Crippen molar-refractivity contribution in [3.8, 4) is 0 Å². The maximum Gasteiger partial charge on any atom is 0.271 e. The van der Waals surface area contributed by atoms with Crippen LogP contribution in [-0.4, -0.2) is 43.6 Å². The Morgan fingerprint density at radius 1 is 1.19 bits per heavy atom. The number of amides is 1. The molecule has 21 heavy (non-hydrogen) atoms. The van der Waals surface area contributed by atoms with Crippen LogP contribution in [0.2, 0.25) is 0 Å². The van der Waals surface area contributed by atoms with Crippen molar-refractivity contribution in [2.75, 3.05) is 19.3 Å². The maximum absolute atomic E-state index is 11.9. The number of carbonyl (C=O) groups excluding carboxylic acids is 1. The standard InChI is InChI=1S/C13H16N4O3S/c1-21(19,20)16-8-4-7-14-13(18)12-9-15-10-5-2-3-6-11(10)17-12/h2-3,5-6,9,16H,4,7-8H2,1H3,(H,14,18). The van der Waals surface area contributed by atoms with E-state index in [1.807, 2.05) is 18.2 Å². The summed E-state index contributed by atoms with van der Waals surface area (Å²) in [5, 5.41) is 2.67. The minimum atomic E-state index is -3.19. The maximum atomic E-state index is 11.9. The third kappa shape index (κ3) is 4.76. The number of carbonyl (C=O) groups is 1. The summed E-state index contributed by atoms with van der Waals surface area (Å²) in [5.41, 5.74) is 1.63. The van der Waals surface area contributed by atoms with Crippen LogP contribution in [0.1, 0.15) is 16.9 Å². The molecule has 2 N–H and O–H groups in total. The average molecular weight is 308 g/mol. The molecule has 1 heterocycles. The van der Waals surface area contributed by atoms with E-state index in [4.69, 9.17) is 0 Å². The summed E-state index contributed by atoms with van der Waals surface area (Å²) in [6.45, 7) is 0.637. The van der Waals surface area contributed by atoms with E-state index in [0.717, 1.165) is 11.8 Å². The average Bonchev–Trinajstić information content (AvgIpc) is 2.45. The Balaban J connectivity index is 1.87. The predicted octanol–water partition coefficient (Wildman–Crippen LogP) is 0.299. The molecular weight excluding hydrogens is 292 g/mol. The van der Waals surface area contributed by atoms with Crippen LogP contribution in [-0.2, 0) is 10.0 Å². The second kappa shape index (κ2) is 6.59. The molecule has 0 fully saturated rings. The first-order valence-corrected chi connectivity index (χ1v) is 8.29. The summed E-state index contributed by atoms with van der Waals surface area (Å²) in [6.07, 6.45) is 3.02. The van der Waals surface area contributed by atoms with Crippen molar-refractivity contribution in [2.45, 2.75) is 6.42 Å². The van der Waals surface area contributed by atoms with Gasteiger partial charge in [-0.05, 0) is 18.6 Å². The van der Waals surface area contributed by atoms with Crippen molar-refractivity contribution < 1.29 is 13.2 Å². The number of nitrogens with zero attached hydrogens (tertiary/aromatic N) is 2. The molecule has 0 radical (unpaired) electrons. The number of benzene rings is 1. The number of para-hydroxylation sites is 2. The van der Waals surface area contributed by atoms with Gasteiger partial charge in [-0.15, -0.1) is 0 Å². The largest absolute Gasteiger partial charge is 0.351 e. The van der Waals surface area contributed by atoms with Gasteiger partial charge in [0.1, 0.15) is 5.69 Å². The number of nitrogens with one attached hydrogen (secondary N) is 2. The molecule has 2 rings (SSSR count). The van der Waals surface area contributed by atoms with Gasteiger partial charge in [-0.2, -0.15) is 0 Å². The minimum Gasteiger partial charge on any atom is -0.351 e. The highest BCUT2D eigenvalue weighted by molar-refractivity contribution is 7.88. The molecule has 0 saturated heterocycles. The van der Waals surface area contributed by atoms with Crippen LogP contribution in [0, 0.1) is 0 Å². The molecule has 0 aliphatic carbocycles. The fourth-order valence-electron chi connectivity index (χ4n) is 1.71. The molecule has 1 amide bonds. The molecule has 0 bridgehead atoms. The second-order valence-corrected chi connectivity index (χ2v) is 6.35. The molecule has 0 saturated carbocycles. The van der Waals surface area contributed by atoms with Crippen molar-refractivity contribution in [3.05, 3.63) is 36.2 Å². The zero-order valence-electron chi connectivity index (χ0n) is 11.5. The molecule has 0 atom stereocenters. The van der Waals surface area contributed by atoms with Gasteiger partial charge in [0.2, 0.25) is 10.0 Å². The van der Waals surface area contributed by atoms with Gasteiger partial charge in [0, 0.05) is 13.1 Å². The lowest BCUT2D eigenvalue weighted by Crippen LogP contribution is -2.29. The van der Waals surface area contributed by atoms with Crippen LogP contribution in [0.15, 0.2) is 30.5 Å². The fourth-order valence-corrected chi connectivity index (χ4v) is 2.22. The monoisotopic (exact) mass is 308 g/mol. The van der Waals surface area contributed by atoms with Crippen molar-refractivity contribution in [3.63, 3.8) is 0 Å². The van der Waals surface area contributed by atoms with Crippen LogP contribution in [0.25, 0.3) is 11.0 Å². The highest BCUT2D eigenvalue weighted by Crippen LogP contribution is 2.08. The van der Waals surface area contributed by atoms with E-state index in [9.17, 15) is 13.2 Å². The zero-order chi connectivity index (χ0) is 15.3. The zero-order valence-corrected chi connectivity index (χ0v) is 12.4. The Bertz CT molecular complexity index is 746. The predicted molar refractivity (Wildman–Crippen MR) is 79.3 cm³/mol. The molecule has 2 aromatic rings. The van der Waals surface area contributed by atoms with E-state index in [-0.39, 0.29) is 18.1 Å². The SMILES string of the molecule is CS(=O)(=O)NCCCNC(=O)c1cnc2ccccc2n1. The van der Waals surface area contributed by atoms with Crippen molar-refractivity contribution in [1.82, 2.24) is 20.0 Å². The van der Waals surface area contributed by atoms with E-state index in [2.05, 4.69) is 20.0 Å². The van der Waals surface area contributed by atoms with Crippen molar-refractivity contribution in [1.29, 1.82) is 0 Å². The van der Waals surface area contributed by atoms with Gasteiger partial charge in [-0.25, -0.2) is 18.1 Å². The van der Waals surface area contributed by atoms with Gasteiger partial charge < -0.3 is 5.32 Å². The summed E-state index contributed by atoms with van der Waals surface area (Å²) < 4.78 is 24.1. The molecule has 7 nitrogen and oxygen atoms in total. The van der Waals surface area contributed by atoms with Crippen molar-refractivity contribution >= 4 is 27.0 Å². The third-order valence-corrected chi connectivity index (χ3v) is 3.41. The Kier molecular flexibility index (Phi) is 4.81. The van der Waals surface area contributed by atoms with Gasteiger partial charge in [0.05, 0.1) is 23.5 Å². The quantitative estimate of drug-likeness (QED) is 0.747. The van der Waals surface area contributed by atoms with Crippen LogP contribution in [0.3, 0.4) is 0 Å². The number of aromatic nitrogens is 2. The lowest BCUT2D eigenvalue weighted by Gasteiger charge is -2.05. The number of rotatable bonds is 6. The Hall–Kier alpha value is -2.06. The van der Waals surface area contributed by atoms with Crippen LogP contribution >= 0.6 is 0 Å². The minimum absolute atomic E-state index is 0.241. The lowest BCUT2D eigenvalue weighted by molar-refractivity contribution is 0.0948. The van der Waals surface area contributed by atoms with Gasteiger partial charge in [-0.1, -0.05) is 12.1 Å². The van der Waals surface area contributed by atoms with Crippen LogP contribution < -0.4 is 10.0 Å². The Morgan fingerprint density at radius 2 is 1.90 bits per heavy atom. The van der Waals surface area contributed by atoms with E-state index < -0.39 is 10.0 Å². The van der Waals surface area contributed by atoms with Crippen LogP contribution in [0.4, 0.5) is 0 Å². The molecule has 112 valence electrons. The van der Waals surface area contributed by atoms with Gasteiger partial charge in [-0.3, -0.25) is 9.78 Å². The number of sulfonamides is 1. The first kappa shape index (κ1) is 15.3. The highest BCUT2D eigenvalue weighted by atomic mass is 32.2. The van der Waals surface area contributed by atoms with E-state index in [0.29, 0.717) is 18.5 Å². The normalized spacial score (nSPS) is 11.5. The molecule has 0 unspecified atom stereocenters. The molecule has 0 spiro atoms. The molecule has 0 aliphatic rings. The summed E-state index contributed by atoms with van der Waals surface area (Å²) in [6, 6.07) is 7.29. The topological polar surface area (TPSA) is 101 Å². The molecule has 1 aromatic carbocycles. The fraction of sp³-hybridized carbons (Fsp3) is 0.308. The van der Waals surface area contributed by atoms with Gasteiger partial charge in [0.15, 0.2) is 0 Å². The molecule has 8 heteroatoms. The third-order valence-electron chi connectivity index (χ3n) is 2.68. The lowest BCUT2D eigenvalue weighted by atomic mass is 10.3. The van der Waals surface area contributed by atoms with Gasteiger partial charge in [0.25, 0.3) is 5.91 Å². The Morgan fingerprint density at radius 3 is 2.62 bits per heavy atom. The second-order valence-electron chi connectivity index (χ2n) is 4.52. The first-order valence-electron chi connectivity index (χ1n) is 6.40. The summed E-state index contributed by atoms with van der Waals surface area (Å²) in [4.78, 5) is 20.3. The van der Waals surface area contributed by atoms with E-state index in [1.165, 1.54) is 6.20 Å². The molecule has 1 aromatic heterocycles. The summed E-state index contributed by atoms with van der Waals surface area (Å²) in [7, 11) is -3.19. The summed E-state index contributed by atoms with van der Waals surface area (Å²) >= 11 is 0. The number of fused-ring (bicyclic) bond motifs is 1. The summed E-state index contributed by atoms with van der Waals surface area (Å²) in [5.74, 6) is -0.326. The first-order chi connectivity index (χ1) is 9.96. The molecular formula is C13H16N4O3S. The van der Waals surface area contributed by atoms with Gasteiger partial charge >= 0.3 is 0 Å². The number of hydrogen-bond acceptors (Lipinski definition) is 5. The van der Waals surface area contributed by atoms with Crippen LogP contribution in [0.5, 0.6) is 0 Å². The Labute approximate surface area is 122 Å². The van der Waals surface area contributed by atoms with Crippen molar-refractivity contribution in [2.24, 2.45) is 0 Å². The van der Waals surface area contributed by atoms with E-state index >= 15 is 0 Å².